The number of carbonyl (C=O) groups is 1. The summed E-state index contributed by atoms with van der Waals surface area (Å²) in [5.41, 5.74) is 5.11. The first-order valence-corrected chi connectivity index (χ1v) is 6.19. The van der Waals surface area contributed by atoms with E-state index in [1.807, 2.05) is 0 Å². The normalized spacial score (nSPS) is 33.3. The first-order valence-electron chi connectivity index (χ1n) is 6.19. The Bertz CT molecular complexity index is 285. The maximum absolute atomic E-state index is 12.0. The van der Waals surface area contributed by atoms with E-state index < -0.39 is 5.60 Å². The second-order valence-corrected chi connectivity index (χ2v) is 5.81. The number of amides is 1. The first kappa shape index (κ1) is 11.9. The zero-order valence-corrected chi connectivity index (χ0v) is 10.0. The number of rotatable bonds is 2. The monoisotopic (exact) mass is 226 g/mol. The van der Waals surface area contributed by atoms with Gasteiger partial charge in [-0.1, -0.05) is 0 Å². The SMILES string of the molecule is CC1(O)CCCN(C(=O)CC2(N)CCC2)C1. The summed E-state index contributed by atoms with van der Waals surface area (Å²) in [7, 11) is 0. The Morgan fingerprint density at radius 3 is 2.56 bits per heavy atom. The quantitative estimate of drug-likeness (QED) is 0.726. The summed E-state index contributed by atoms with van der Waals surface area (Å²) in [4.78, 5) is 13.8. The summed E-state index contributed by atoms with van der Waals surface area (Å²) in [6, 6.07) is 0. The van der Waals surface area contributed by atoms with Gasteiger partial charge in [0.25, 0.3) is 0 Å². The molecule has 2 fully saturated rings. The Morgan fingerprint density at radius 2 is 2.06 bits per heavy atom. The lowest BCUT2D eigenvalue weighted by atomic mass is 9.75. The molecule has 1 atom stereocenters. The third-order valence-electron chi connectivity index (χ3n) is 3.88. The van der Waals surface area contributed by atoms with Crippen LogP contribution in [0.25, 0.3) is 0 Å². The topological polar surface area (TPSA) is 66.6 Å². The number of nitrogens with two attached hydrogens (primary N) is 1. The van der Waals surface area contributed by atoms with Crippen molar-refractivity contribution in [1.29, 1.82) is 0 Å². The molecule has 0 spiro atoms. The van der Waals surface area contributed by atoms with E-state index in [2.05, 4.69) is 0 Å². The fourth-order valence-electron chi connectivity index (χ4n) is 2.65. The molecule has 0 aromatic rings. The zero-order chi connectivity index (χ0) is 11.8. The third-order valence-corrected chi connectivity index (χ3v) is 3.88. The van der Waals surface area contributed by atoms with Crippen molar-refractivity contribution in [2.24, 2.45) is 5.73 Å². The van der Waals surface area contributed by atoms with Gasteiger partial charge in [-0.05, 0) is 39.0 Å². The van der Waals surface area contributed by atoms with Crippen LogP contribution in [0.4, 0.5) is 0 Å². The summed E-state index contributed by atoms with van der Waals surface area (Å²) >= 11 is 0. The molecule has 0 aromatic carbocycles. The van der Waals surface area contributed by atoms with Crippen LogP contribution in [0.1, 0.15) is 45.4 Å². The molecular weight excluding hydrogens is 204 g/mol. The van der Waals surface area contributed by atoms with Crippen LogP contribution in [0.3, 0.4) is 0 Å². The van der Waals surface area contributed by atoms with E-state index in [4.69, 9.17) is 5.73 Å². The van der Waals surface area contributed by atoms with Gasteiger partial charge < -0.3 is 15.7 Å². The van der Waals surface area contributed by atoms with Crippen LogP contribution >= 0.6 is 0 Å². The molecule has 16 heavy (non-hydrogen) atoms. The summed E-state index contributed by atoms with van der Waals surface area (Å²) in [5.74, 6) is 0.113. The van der Waals surface area contributed by atoms with Crippen LogP contribution in [-0.4, -0.2) is 40.1 Å². The van der Waals surface area contributed by atoms with Gasteiger partial charge in [-0.25, -0.2) is 0 Å². The molecule has 0 bridgehead atoms. The maximum atomic E-state index is 12.0. The van der Waals surface area contributed by atoms with Gasteiger partial charge in [-0.15, -0.1) is 0 Å². The molecular formula is C12H22N2O2. The molecule has 4 nitrogen and oxygen atoms in total. The number of piperidine rings is 1. The van der Waals surface area contributed by atoms with E-state index in [1.165, 1.54) is 0 Å². The standard InChI is InChI=1S/C12H22N2O2/c1-11(16)4-3-7-14(9-11)10(15)8-12(13)5-2-6-12/h16H,2-9,13H2,1H3. The van der Waals surface area contributed by atoms with E-state index in [0.717, 1.165) is 38.6 Å². The average Bonchev–Trinajstić information content (AvgIpc) is 2.13. The predicted molar refractivity (Wildman–Crippen MR) is 61.8 cm³/mol. The fourth-order valence-corrected chi connectivity index (χ4v) is 2.65. The lowest BCUT2D eigenvalue weighted by Crippen LogP contribution is -2.54. The number of hydrogen-bond donors (Lipinski definition) is 2. The van der Waals surface area contributed by atoms with E-state index in [0.29, 0.717) is 13.0 Å². The number of hydrogen-bond acceptors (Lipinski definition) is 3. The first-order chi connectivity index (χ1) is 7.40. The van der Waals surface area contributed by atoms with Gasteiger partial charge in [0.05, 0.1) is 5.60 Å². The Hall–Kier alpha value is -0.610. The lowest BCUT2D eigenvalue weighted by molar-refractivity contribution is -0.139. The van der Waals surface area contributed by atoms with E-state index in [-0.39, 0.29) is 11.4 Å². The second-order valence-electron chi connectivity index (χ2n) is 5.81. The molecule has 2 rings (SSSR count). The van der Waals surface area contributed by atoms with Crippen molar-refractivity contribution in [2.75, 3.05) is 13.1 Å². The van der Waals surface area contributed by atoms with Gasteiger partial charge in [-0.2, -0.15) is 0 Å². The second kappa shape index (κ2) is 4.00. The Labute approximate surface area is 96.8 Å². The number of nitrogens with zero attached hydrogens (tertiary/aromatic N) is 1. The fraction of sp³-hybridized carbons (Fsp3) is 0.917. The Balaban J connectivity index is 1.89. The third kappa shape index (κ3) is 2.55. The summed E-state index contributed by atoms with van der Waals surface area (Å²) < 4.78 is 0. The minimum atomic E-state index is -0.713. The average molecular weight is 226 g/mol. The number of likely N-dealkylation sites (tertiary alicyclic amines) is 1. The lowest BCUT2D eigenvalue weighted by Gasteiger charge is -2.41. The van der Waals surface area contributed by atoms with Crippen molar-refractivity contribution < 1.29 is 9.90 Å². The number of carbonyl (C=O) groups excluding carboxylic acids is 1. The molecule has 1 aliphatic heterocycles. The zero-order valence-electron chi connectivity index (χ0n) is 10.0. The highest BCUT2D eigenvalue weighted by Gasteiger charge is 2.38. The minimum Gasteiger partial charge on any atom is -0.388 e. The summed E-state index contributed by atoms with van der Waals surface area (Å²) in [6.07, 6.45) is 5.18. The highest BCUT2D eigenvalue weighted by atomic mass is 16.3. The van der Waals surface area contributed by atoms with Crippen LogP contribution in [0.2, 0.25) is 0 Å². The van der Waals surface area contributed by atoms with E-state index >= 15 is 0 Å². The molecule has 1 aliphatic carbocycles. The van der Waals surface area contributed by atoms with Crippen molar-refractivity contribution in [1.82, 2.24) is 4.90 Å². The summed E-state index contributed by atoms with van der Waals surface area (Å²) in [5, 5.41) is 9.94. The maximum Gasteiger partial charge on any atom is 0.224 e. The molecule has 0 aromatic heterocycles. The molecule has 1 unspecified atom stereocenters. The van der Waals surface area contributed by atoms with Gasteiger partial charge in [0.15, 0.2) is 0 Å². The molecule has 4 heteroatoms. The smallest absolute Gasteiger partial charge is 0.224 e. The summed E-state index contributed by atoms with van der Waals surface area (Å²) in [6.45, 7) is 3.03. The minimum absolute atomic E-state index is 0.113. The molecule has 2 aliphatic rings. The van der Waals surface area contributed by atoms with E-state index in [9.17, 15) is 9.90 Å². The van der Waals surface area contributed by atoms with Gasteiger partial charge >= 0.3 is 0 Å². The van der Waals surface area contributed by atoms with Crippen molar-refractivity contribution in [2.45, 2.75) is 56.6 Å². The highest BCUT2D eigenvalue weighted by molar-refractivity contribution is 5.77. The van der Waals surface area contributed by atoms with E-state index in [1.54, 1.807) is 11.8 Å². The number of β-amino-alcohol motifs (C(OH)–C–C–N with tert-alkyl or cyclic N) is 1. The van der Waals surface area contributed by atoms with Crippen molar-refractivity contribution in [3.8, 4) is 0 Å². The molecule has 1 amide bonds. The molecule has 1 heterocycles. The van der Waals surface area contributed by atoms with Crippen molar-refractivity contribution in [3.63, 3.8) is 0 Å². The van der Waals surface area contributed by atoms with Crippen LogP contribution in [0.5, 0.6) is 0 Å². The van der Waals surface area contributed by atoms with Crippen LogP contribution in [0.15, 0.2) is 0 Å². The van der Waals surface area contributed by atoms with Crippen molar-refractivity contribution >= 4 is 5.91 Å². The van der Waals surface area contributed by atoms with Gasteiger partial charge in [-0.3, -0.25) is 4.79 Å². The van der Waals surface area contributed by atoms with Crippen LogP contribution < -0.4 is 5.73 Å². The molecule has 92 valence electrons. The van der Waals surface area contributed by atoms with Crippen LogP contribution in [0, 0.1) is 0 Å². The van der Waals surface area contributed by atoms with Crippen molar-refractivity contribution in [3.05, 3.63) is 0 Å². The van der Waals surface area contributed by atoms with Crippen LogP contribution in [-0.2, 0) is 4.79 Å². The largest absolute Gasteiger partial charge is 0.388 e. The Kier molecular flexibility index (Phi) is 2.97. The molecule has 0 radical (unpaired) electrons. The molecule has 3 N–H and O–H groups in total. The molecule has 1 saturated carbocycles. The Morgan fingerprint density at radius 1 is 1.38 bits per heavy atom. The van der Waals surface area contributed by atoms with Gasteiger partial charge in [0.2, 0.25) is 5.91 Å². The van der Waals surface area contributed by atoms with Gasteiger partial charge in [0, 0.05) is 25.0 Å². The predicted octanol–water partition coefficient (Wildman–Crippen LogP) is 0.631. The van der Waals surface area contributed by atoms with Gasteiger partial charge in [0.1, 0.15) is 0 Å². The number of aliphatic hydroxyl groups is 1. The highest BCUT2D eigenvalue weighted by Crippen LogP contribution is 2.33. The molecule has 1 saturated heterocycles.